The molecule has 0 aliphatic carbocycles. The predicted octanol–water partition coefficient (Wildman–Crippen LogP) is 6.48. The standard InChI is InChI=1S/C29H30O5/c1-4-5-7-12-22-17-24(31)25(21-13-10-11-19(2)16-21)27-26(22)28(32)34-29(33-27,18-20(3)30)23-14-8-6-9-15-23/h6,8-11,13-17,31H,4-5,7,12,18H2,1-3H3. The number of esters is 1. The molecule has 0 spiro atoms. The lowest BCUT2D eigenvalue weighted by molar-refractivity contribution is -0.171. The van der Waals surface area contributed by atoms with Crippen molar-refractivity contribution in [1.29, 1.82) is 0 Å². The number of carbonyl (C=O) groups is 2. The molecule has 3 aromatic rings. The van der Waals surface area contributed by atoms with Crippen molar-refractivity contribution in [2.75, 3.05) is 0 Å². The van der Waals surface area contributed by atoms with Crippen molar-refractivity contribution < 1.29 is 24.2 Å². The van der Waals surface area contributed by atoms with Crippen LogP contribution in [0.25, 0.3) is 11.1 Å². The number of ether oxygens (including phenoxy) is 2. The van der Waals surface area contributed by atoms with Crippen molar-refractivity contribution in [3.05, 3.63) is 82.9 Å². The number of rotatable bonds is 8. The van der Waals surface area contributed by atoms with E-state index < -0.39 is 11.8 Å². The first-order valence-corrected chi connectivity index (χ1v) is 11.8. The average molecular weight is 459 g/mol. The Hall–Kier alpha value is -3.60. The second-order valence-corrected chi connectivity index (χ2v) is 8.95. The van der Waals surface area contributed by atoms with E-state index >= 15 is 0 Å². The van der Waals surface area contributed by atoms with Gasteiger partial charge in [-0.3, -0.25) is 4.79 Å². The molecule has 0 saturated heterocycles. The van der Waals surface area contributed by atoms with Crippen LogP contribution in [-0.4, -0.2) is 16.9 Å². The van der Waals surface area contributed by atoms with Crippen molar-refractivity contribution >= 4 is 11.8 Å². The number of aromatic hydroxyl groups is 1. The molecule has 1 heterocycles. The Morgan fingerprint density at radius 3 is 2.41 bits per heavy atom. The number of carbonyl (C=O) groups excluding carboxylic acids is 2. The van der Waals surface area contributed by atoms with Gasteiger partial charge in [0.2, 0.25) is 0 Å². The minimum Gasteiger partial charge on any atom is -0.507 e. The van der Waals surface area contributed by atoms with E-state index in [4.69, 9.17) is 9.47 Å². The van der Waals surface area contributed by atoms with Crippen LogP contribution in [-0.2, 0) is 21.7 Å². The molecule has 0 amide bonds. The van der Waals surface area contributed by atoms with Crippen molar-refractivity contribution in [2.45, 2.75) is 58.7 Å². The molecule has 5 nitrogen and oxygen atoms in total. The Bertz CT molecular complexity index is 1210. The molecule has 4 rings (SSSR count). The number of fused-ring (bicyclic) bond motifs is 1. The van der Waals surface area contributed by atoms with E-state index in [-0.39, 0.29) is 23.7 Å². The van der Waals surface area contributed by atoms with E-state index in [0.29, 0.717) is 28.7 Å². The van der Waals surface area contributed by atoms with Gasteiger partial charge in [0.1, 0.15) is 17.1 Å². The van der Waals surface area contributed by atoms with Gasteiger partial charge in [0.25, 0.3) is 5.79 Å². The molecule has 0 bridgehead atoms. The summed E-state index contributed by atoms with van der Waals surface area (Å²) in [5.41, 5.74) is 3.74. The Morgan fingerprint density at radius 1 is 0.971 bits per heavy atom. The lowest BCUT2D eigenvalue weighted by Gasteiger charge is -2.39. The zero-order valence-electron chi connectivity index (χ0n) is 19.9. The summed E-state index contributed by atoms with van der Waals surface area (Å²) in [6, 6.07) is 18.3. The van der Waals surface area contributed by atoms with E-state index in [1.54, 1.807) is 18.2 Å². The number of unbranched alkanes of at least 4 members (excludes halogenated alkanes) is 2. The van der Waals surface area contributed by atoms with Gasteiger partial charge < -0.3 is 14.6 Å². The summed E-state index contributed by atoms with van der Waals surface area (Å²) in [6.07, 6.45) is 3.38. The molecule has 1 aliphatic rings. The van der Waals surface area contributed by atoms with Crippen LogP contribution in [0.4, 0.5) is 0 Å². The molecule has 1 N–H and O–H groups in total. The summed E-state index contributed by atoms with van der Waals surface area (Å²) in [5, 5.41) is 11.2. The Kier molecular flexibility index (Phi) is 6.73. The fourth-order valence-corrected chi connectivity index (χ4v) is 4.56. The maximum absolute atomic E-state index is 13.6. The fraction of sp³-hybridized carbons (Fsp3) is 0.310. The third-order valence-corrected chi connectivity index (χ3v) is 6.12. The van der Waals surface area contributed by atoms with Crippen LogP contribution < -0.4 is 4.74 Å². The maximum Gasteiger partial charge on any atom is 0.345 e. The van der Waals surface area contributed by atoms with E-state index in [0.717, 1.165) is 30.4 Å². The Morgan fingerprint density at radius 2 is 1.74 bits per heavy atom. The number of hydrogen-bond donors (Lipinski definition) is 1. The second kappa shape index (κ2) is 9.72. The summed E-state index contributed by atoms with van der Waals surface area (Å²) in [6.45, 7) is 5.52. The van der Waals surface area contributed by atoms with Crippen molar-refractivity contribution in [3.63, 3.8) is 0 Å². The van der Waals surface area contributed by atoms with Crippen LogP contribution in [0, 0.1) is 6.92 Å². The van der Waals surface area contributed by atoms with Crippen molar-refractivity contribution in [2.24, 2.45) is 0 Å². The smallest absolute Gasteiger partial charge is 0.345 e. The molecule has 34 heavy (non-hydrogen) atoms. The molecular formula is C29H30O5. The lowest BCUT2D eigenvalue weighted by Crippen LogP contribution is -2.44. The van der Waals surface area contributed by atoms with Crippen LogP contribution in [0.2, 0.25) is 0 Å². The first kappa shape index (κ1) is 23.6. The van der Waals surface area contributed by atoms with Gasteiger partial charge in [-0.25, -0.2) is 4.79 Å². The number of aryl methyl sites for hydroxylation is 2. The summed E-state index contributed by atoms with van der Waals surface area (Å²) in [5.74, 6) is -2.04. The third-order valence-electron chi connectivity index (χ3n) is 6.12. The zero-order chi connectivity index (χ0) is 24.3. The number of ketones is 1. The van der Waals surface area contributed by atoms with Crippen molar-refractivity contribution in [1.82, 2.24) is 0 Å². The van der Waals surface area contributed by atoms with Gasteiger partial charge in [-0.15, -0.1) is 0 Å². The zero-order valence-corrected chi connectivity index (χ0v) is 19.9. The molecule has 1 aliphatic heterocycles. The molecule has 176 valence electrons. The largest absolute Gasteiger partial charge is 0.507 e. The SMILES string of the molecule is CCCCCc1cc(O)c(-c2cccc(C)c2)c2c1C(=O)OC(CC(C)=O)(c1ccccc1)O2. The van der Waals surface area contributed by atoms with E-state index in [1.165, 1.54) is 6.92 Å². The monoisotopic (exact) mass is 458 g/mol. The van der Waals surface area contributed by atoms with Gasteiger partial charge in [0.15, 0.2) is 5.75 Å². The number of phenols is 1. The van der Waals surface area contributed by atoms with Gasteiger partial charge >= 0.3 is 5.97 Å². The molecule has 1 atom stereocenters. The number of Topliss-reactive ketones (excluding diaryl/α,β-unsaturated/α-hetero) is 1. The van der Waals surface area contributed by atoms with Gasteiger partial charge in [-0.05, 0) is 43.9 Å². The maximum atomic E-state index is 13.6. The van der Waals surface area contributed by atoms with Crippen LogP contribution >= 0.6 is 0 Å². The number of benzene rings is 3. The fourth-order valence-electron chi connectivity index (χ4n) is 4.56. The summed E-state index contributed by atoms with van der Waals surface area (Å²) < 4.78 is 12.5. The van der Waals surface area contributed by atoms with E-state index in [9.17, 15) is 14.7 Å². The molecule has 0 fully saturated rings. The number of phenolic OH excluding ortho intramolecular Hbond substituents is 1. The first-order chi connectivity index (χ1) is 16.3. The summed E-state index contributed by atoms with van der Waals surface area (Å²) in [4.78, 5) is 25.9. The number of cyclic esters (lactones) is 1. The summed E-state index contributed by atoms with van der Waals surface area (Å²) in [7, 11) is 0. The second-order valence-electron chi connectivity index (χ2n) is 8.95. The molecule has 3 aromatic carbocycles. The predicted molar refractivity (Wildman–Crippen MR) is 131 cm³/mol. The quantitative estimate of drug-likeness (QED) is 0.309. The minimum absolute atomic E-state index is 0.0373. The highest BCUT2D eigenvalue weighted by Crippen LogP contribution is 2.50. The minimum atomic E-state index is -1.61. The third kappa shape index (κ3) is 4.56. The molecular weight excluding hydrogens is 428 g/mol. The summed E-state index contributed by atoms with van der Waals surface area (Å²) >= 11 is 0. The number of hydrogen-bond acceptors (Lipinski definition) is 5. The normalized spacial score (nSPS) is 17.0. The van der Waals surface area contributed by atoms with E-state index in [1.807, 2.05) is 49.4 Å². The van der Waals surface area contributed by atoms with Gasteiger partial charge in [-0.1, -0.05) is 79.9 Å². The molecule has 0 saturated carbocycles. The molecule has 0 radical (unpaired) electrons. The highest BCUT2D eigenvalue weighted by atomic mass is 16.7. The van der Waals surface area contributed by atoms with Crippen molar-refractivity contribution in [3.8, 4) is 22.6 Å². The van der Waals surface area contributed by atoms with Gasteiger partial charge in [0, 0.05) is 5.56 Å². The van der Waals surface area contributed by atoms with E-state index in [2.05, 4.69) is 6.92 Å². The molecule has 1 unspecified atom stereocenters. The molecule has 5 heteroatoms. The van der Waals surface area contributed by atoms with Gasteiger partial charge in [0.05, 0.1) is 12.0 Å². The lowest BCUT2D eigenvalue weighted by atomic mass is 9.90. The Balaban J connectivity index is 1.96. The van der Waals surface area contributed by atoms with Crippen LogP contribution in [0.15, 0.2) is 60.7 Å². The van der Waals surface area contributed by atoms with Crippen LogP contribution in [0.5, 0.6) is 11.5 Å². The topological polar surface area (TPSA) is 72.8 Å². The highest BCUT2D eigenvalue weighted by molar-refractivity contribution is 6.00. The first-order valence-electron chi connectivity index (χ1n) is 11.8. The Labute approximate surface area is 200 Å². The van der Waals surface area contributed by atoms with Crippen LogP contribution in [0.3, 0.4) is 0 Å². The average Bonchev–Trinajstić information content (AvgIpc) is 2.79. The molecule has 0 aromatic heterocycles. The van der Waals surface area contributed by atoms with Crippen LogP contribution in [0.1, 0.15) is 66.6 Å². The highest BCUT2D eigenvalue weighted by Gasteiger charge is 2.47. The van der Waals surface area contributed by atoms with Gasteiger partial charge in [-0.2, -0.15) is 0 Å².